The van der Waals surface area contributed by atoms with Crippen LogP contribution in [0, 0.1) is 0 Å². The first-order valence-corrected chi connectivity index (χ1v) is 7.82. The molecule has 2 rings (SSSR count). The lowest BCUT2D eigenvalue weighted by Crippen LogP contribution is -2.42. The van der Waals surface area contributed by atoms with Crippen LogP contribution in [0.2, 0.25) is 0 Å². The van der Waals surface area contributed by atoms with Crippen LogP contribution in [0.3, 0.4) is 0 Å². The van der Waals surface area contributed by atoms with Gasteiger partial charge in [0.15, 0.2) is 0 Å². The zero-order chi connectivity index (χ0) is 16.7. The van der Waals surface area contributed by atoms with Crippen molar-refractivity contribution in [2.75, 3.05) is 26.2 Å². The van der Waals surface area contributed by atoms with Gasteiger partial charge in [0.2, 0.25) is 5.91 Å². The second-order valence-electron chi connectivity index (χ2n) is 5.54. The van der Waals surface area contributed by atoms with Crippen LogP contribution in [0.25, 0.3) is 5.57 Å². The first-order valence-electron chi connectivity index (χ1n) is 7.82. The number of phenolic OH excluding ortho intramolecular Hbond substituents is 1. The number of benzene rings is 1. The van der Waals surface area contributed by atoms with Crippen molar-refractivity contribution >= 4 is 17.5 Å². The van der Waals surface area contributed by atoms with E-state index in [1.54, 1.807) is 17.0 Å². The first kappa shape index (κ1) is 16.9. The third-order valence-corrected chi connectivity index (χ3v) is 3.74. The van der Waals surface area contributed by atoms with Gasteiger partial charge in [-0.1, -0.05) is 18.2 Å². The van der Waals surface area contributed by atoms with Crippen LogP contribution in [0.4, 0.5) is 4.79 Å². The maximum absolute atomic E-state index is 12.0. The van der Waals surface area contributed by atoms with Crippen molar-refractivity contribution in [1.29, 1.82) is 0 Å². The van der Waals surface area contributed by atoms with Gasteiger partial charge in [0.05, 0.1) is 0 Å². The second kappa shape index (κ2) is 8.22. The van der Waals surface area contributed by atoms with Gasteiger partial charge < -0.3 is 20.6 Å². The number of hydrogen-bond donors (Lipinski definition) is 3. The lowest BCUT2D eigenvalue weighted by atomic mass is 9.99. The normalized spacial score (nSPS) is 14.1. The minimum atomic E-state index is -0.0752. The Labute approximate surface area is 136 Å². The molecule has 0 fully saturated rings. The first-order chi connectivity index (χ1) is 11.1. The highest BCUT2D eigenvalue weighted by Crippen LogP contribution is 2.23. The van der Waals surface area contributed by atoms with Crippen molar-refractivity contribution in [2.24, 2.45) is 0 Å². The molecule has 0 saturated carbocycles. The predicted molar refractivity (Wildman–Crippen MR) is 89.0 cm³/mol. The summed E-state index contributed by atoms with van der Waals surface area (Å²) in [5.74, 6) is 0.199. The fraction of sp³-hybridized carbons (Fsp3) is 0.412. The van der Waals surface area contributed by atoms with Gasteiger partial charge in [-0.25, -0.2) is 4.79 Å². The van der Waals surface area contributed by atoms with Crippen molar-refractivity contribution in [3.63, 3.8) is 0 Å². The molecule has 124 valence electrons. The summed E-state index contributed by atoms with van der Waals surface area (Å²) in [6.07, 6.45) is 3.56. The molecule has 1 aromatic carbocycles. The van der Waals surface area contributed by atoms with Crippen molar-refractivity contribution in [3.8, 4) is 5.75 Å². The number of nitrogens with one attached hydrogen (secondary N) is 2. The zero-order valence-electron chi connectivity index (χ0n) is 13.3. The third kappa shape index (κ3) is 5.32. The monoisotopic (exact) mass is 317 g/mol. The number of aromatic hydroxyl groups is 1. The maximum Gasteiger partial charge on any atom is 0.317 e. The van der Waals surface area contributed by atoms with Crippen molar-refractivity contribution in [1.82, 2.24) is 15.5 Å². The summed E-state index contributed by atoms with van der Waals surface area (Å²) in [6, 6.07) is 7.04. The number of carbonyl (C=O) groups is 2. The largest absolute Gasteiger partial charge is 0.508 e. The molecule has 0 saturated heterocycles. The highest BCUT2D eigenvalue weighted by Gasteiger charge is 2.17. The SMILES string of the molecule is CC(=O)NCCCNC(=O)N1CC=C(c2ccc(O)cc2)CC1. The molecule has 0 atom stereocenters. The van der Waals surface area contributed by atoms with Crippen LogP contribution in [0.5, 0.6) is 5.75 Å². The Balaban J connectivity index is 1.75. The Hall–Kier alpha value is -2.50. The lowest BCUT2D eigenvalue weighted by Gasteiger charge is -2.27. The van der Waals surface area contributed by atoms with Crippen molar-refractivity contribution < 1.29 is 14.7 Å². The van der Waals surface area contributed by atoms with E-state index in [0.717, 1.165) is 12.0 Å². The highest BCUT2D eigenvalue weighted by molar-refractivity contribution is 5.76. The summed E-state index contributed by atoms with van der Waals surface area (Å²) >= 11 is 0. The Morgan fingerprint density at radius 3 is 2.48 bits per heavy atom. The van der Waals surface area contributed by atoms with Gasteiger partial charge in [-0.15, -0.1) is 0 Å². The van der Waals surface area contributed by atoms with Gasteiger partial charge >= 0.3 is 6.03 Å². The van der Waals surface area contributed by atoms with Gasteiger partial charge in [-0.05, 0) is 36.1 Å². The van der Waals surface area contributed by atoms with Gasteiger partial charge in [0, 0.05) is 33.1 Å². The molecule has 0 bridgehead atoms. The van der Waals surface area contributed by atoms with Gasteiger partial charge in [0.1, 0.15) is 5.75 Å². The topological polar surface area (TPSA) is 81.7 Å². The van der Waals surface area contributed by atoms with Crippen molar-refractivity contribution in [3.05, 3.63) is 35.9 Å². The van der Waals surface area contributed by atoms with Crippen LogP contribution in [0.15, 0.2) is 30.3 Å². The number of amides is 3. The molecule has 6 nitrogen and oxygen atoms in total. The van der Waals surface area contributed by atoms with Crippen molar-refractivity contribution in [2.45, 2.75) is 19.8 Å². The quantitative estimate of drug-likeness (QED) is 0.723. The number of urea groups is 1. The molecule has 1 aliphatic rings. The molecule has 0 aromatic heterocycles. The summed E-state index contributed by atoms with van der Waals surface area (Å²) < 4.78 is 0. The van der Waals surface area contributed by atoms with E-state index in [2.05, 4.69) is 10.6 Å². The highest BCUT2D eigenvalue weighted by atomic mass is 16.3. The fourth-order valence-corrected chi connectivity index (χ4v) is 2.45. The Kier molecular flexibility index (Phi) is 6.02. The molecule has 3 N–H and O–H groups in total. The smallest absolute Gasteiger partial charge is 0.317 e. The Morgan fingerprint density at radius 1 is 1.17 bits per heavy atom. The minimum Gasteiger partial charge on any atom is -0.508 e. The average Bonchev–Trinajstić information content (AvgIpc) is 2.55. The third-order valence-electron chi connectivity index (χ3n) is 3.74. The Morgan fingerprint density at radius 2 is 1.87 bits per heavy atom. The summed E-state index contributed by atoms with van der Waals surface area (Å²) in [4.78, 5) is 24.5. The molecule has 1 heterocycles. The average molecular weight is 317 g/mol. The number of nitrogens with zero attached hydrogens (tertiary/aromatic N) is 1. The summed E-state index contributed by atoms with van der Waals surface area (Å²) in [6.45, 7) is 3.84. The fourth-order valence-electron chi connectivity index (χ4n) is 2.45. The second-order valence-corrected chi connectivity index (χ2v) is 5.54. The van der Waals surface area contributed by atoms with Gasteiger partial charge in [0.25, 0.3) is 0 Å². The molecule has 0 aliphatic carbocycles. The van der Waals surface area contributed by atoms with E-state index in [0.29, 0.717) is 32.6 Å². The number of hydrogen-bond acceptors (Lipinski definition) is 3. The van der Waals surface area contributed by atoms with E-state index in [-0.39, 0.29) is 17.7 Å². The van der Waals surface area contributed by atoms with E-state index < -0.39 is 0 Å². The van der Waals surface area contributed by atoms with Crippen LogP contribution >= 0.6 is 0 Å². The predicted octanol–water partition coefficient (Wildman–Crippen LogP) is 1.72. The minimum absolute atomic E-state index is 0.0562. The van der Waals surface area contributed by atoms with Crippen LogP contribution < -0.4 is 10.6 Å². The standard InChI is InChI=1S/C17H23N3O3/c1-13(21)18-9-2-10-19-17(23)20-11-7-15(8-12-20)14-3-5-16(22)6-4-14/h3-7,22H,2,8-12H2,1H3,(H,18,21)(H,19,23). The Bertz CT molecular complexity index is 581. The van der Waals surface area contributed by atoms with Crippen LogP contribution in [-0.4, -0.2) is 48.1 Å². The number of phenols is 1. The number of rotatable bonds is 5. The maximum atomic E-state index is 12.0. The molecule has 0 unspecified atom stereocenters. The van der Waals surface area contributed by atoms with Gasteiger partial charge in [-0.2, -0.15) is 0 Å². The summed E-state index contributed by atoms with van der Waals surface area (Å²) in [5, 5.41) is 14.9. The molecule has 1 aromatic rings. The molecule has 6 heteroatoms. The number of carbonyl (C=O) groups excluding carboxylic acids is 2. The molecular weight excluding hydrogens is 294 g/mol. The molecular formula is C17H23N3O3. The molecule has 0 radical (unpaired) electrons. The molecule has 0 spiro atoms. The lowest BCUT2D eigenvalue weighted by molar-refractivity contribution is -0.118. The summed E-state index contributed by atoms with van der Waals surface area (Å²) in [5.41, 5.74) is 2.28. The molecule has 1 aliphatic heterocycles. The molecule has 23 heavy (non-hydrogen) atoms. The van der Waals surface area contributed by atoms with Gasteiger partial charge in [-0.3, -0.25) is 4.79 Å². The van der Waals surface area contributed by atoms with Crippen LogP contribution in [0.1, 0.15) is 25.3 Å². The molecule has 3 amide bonds. The van der Waals surface area contributed by atoms with E-state index in [1.807, 2.05) is 18.2 Å². The summed E-state index contributed by atoms with van der Waals surface area (Å²) in [7, 11) is 0. The van der Waals surface area contributed by atoms with E-state index >= 15 is 0 Å². The van der Waals surface area contributed by atoms with Crippen LogP contribution in [-0.2, 0) is 4.79 Å². The van der Waals surface area contributed by atoms with E-state index in [1.165, 1.54) is 12.5 Å². The van der Waals surface area contributed by atoms with E-state index in [9.17, 15) is 14.7 Å². The zero-order valence-corrected chi connectivity index (χ0v) is 13.3. The van der Waals surface area contributed by atoms with E-state index in [4.69, 9.17) is 0 Å².